The summed E-state index contributed by atoms with van der Waals surface area (Å²) in [5, 5.41) is 0. The average molecular weight is 298 g/mol. The molecule has 0 aliphatic heterocycles. The summed E-state index contributed by atoms with van der Waals surface area (Å²) in [5.41, 5.74) is 2.47. The van der Waals surface area contributed by atoms with Crippen molar-refractivity contribution in [3.05, 3.63) is 53.9 Å². The number of aromatic nitrogens is 3. The van der Waals surface area contributed by atoms with E-state index in [1.54, 1.807) is 0 Å². The van der Waals surface area contributed by atoms with Crippen molar-refractivity contribution in [3.63, 3.8) is 0 Å². The van der Waals surface area contributed by atoms with E-state index in [4.69, 9.17) is 0 Å². The molecule has 0 bridgehead atoms. The van der Waals surface area contributed by atoms with E-state index in [-0.39, 0.29) is 0 Å². The molecule has 0 radical (unpaired) electrons. The van der Waals surface area contributed by atoms with E-state index >= 15 is 0 Å². The van der Waals surface area contributed by atoms with Gasteiger partial charge in [-0.3, -0.25) is 9.88 Å². The summed E-state index contributed by atoms with van der Waals surface area (Å²) in [6.45, 7) is 8.45. The third-order valence-electron chi connectivity index (χ3n) is 3.97. The fraction of sp³-hybridized carbons (Fsp3) is 0.500. The molecule has 2 aromatic heterocycles. The summed E-state index contributed by atoms with van der Waals surface area (Å²) in [6, 6.07) is 4.68. The van der Waals surface area contributed by atoms with Crippen LogP contribution in [0, 0.1) is 0 Å². The zero-order valence-electron chi connectivity index (χ0n) is 13.9. The Morgan fingerprint density at radius 3 is 2.23 bits per heavy atom. The minimum absolute atomic E-state index is 0.517. The molecule has 118 valence electrons. The summed E-state index contributed by atoms with van der Waals surface area (Å²) in [5.74, 6) is 0.940. The van der Waals surface area contributed by atoms with Crippen molar-refractivity contribution in [2.24, 2.45) is 0 Å². The molecule has 0 saturated carbocycles. The van der Waals surface area contributed by atoms with Crippen LogP contribution in [0.5, 0.6) is 0 Å². The van der Waals surface area contributed by atoms with Crippen molar-refractivity contribution in [2.45, 2.75) is 59.2 Å². The lowest BCUT2D eigenvalue weighted by molar-refractivity contribution is 0.185. The van der Waals surface area contributed by atoms with Crippen molar-refractivity contribution in [1.29, 1.82) is 0 Å². The first-order valence-electron chi connectivity index (χ1n) is 8.15. The normalized spacial score (nSPS) is 12.5. The summed E-state index contributed by atoms with van der Waals surface area (Å²) in [6.07, 6.45) is 10.8. The molecule has 0 aliphatic carbocycles. The van der Waals surface area contributed by atoms with Crippen LogP contribution in [0.2, 0.25) is 0 Å². The van der Waals surface area contributed by atoms with E-state index in [1.807, 2.05) is 24.8 Å². The minimum Gasteiger partial charge on any atom is -0.292 e. The molecule has 2 rings (SSSR count). The Labute approximate surface area is 133 Å². The van der Waals surface area contributed by atoms with Crippen LogP contribution in [-0.2, 0) is 19.5 Å². The first kappa shape index (κ1) is 16.6. The Kier molecular flexibility index (Phi) is 6.46. The molecule has 0 fully saturated rings. The SMILES string of the molecule is CCCc1ncc(CN(Cc2ccncc2)[C@H](C)CC)cn1. The molecule has 2 heterocycles. The third kappa shape index (κ3) is 4.88. The first-order chi connectivity index (χ1) is 10.7. The number of pyridine rings is 1. The zero-order valence-corrected chi connectivity index (χ0v) is 13.9. The van der Waals surface area contributed by atoms with Crippen molar-refractivity contribution >= 4 is 0 Å². The highest BCUT2D eigenvalue weighted by molar-refractivity contribution is 5.11. The standard InChI is InChI=1S/C18H26N4/c1-4-6-18-20-11-17(12-21-18)14-22(15(3)5-2)13-16-7-9-19-10-8-16/h7-12,15H,4-6,13-14H2,1-3H3/t15-/m1/s1. The van der Waals surface area contributed by atoms with Gasteiger partial charge in [0.05, 0.1) is 0 Å². The van der Waals surface area contributed by atoms with Gasteiger partial charge in [-0.2, -0.15) is 0 Å². The molecule has 0 amide bonds. The van der Waals surface area contributed by atoms with Gasteiger partial charge in [0.2, 0.25) is 0 Å². The van der Waals surface area contributed by atoms with Crippen molar-refractivity contribution in [3.8, 4) is 0 Å². The summed E-state index contributed by atoms with van der Waals surface area (Å²) >= 11 is 0. The molecule has 4 heteroatoms. The molecule has 0 unspecified atom stereocenters. The van der Waals surface area contributed by atoms with Gasteiger partial charge in [0.15, 0.2) is 0 Å². The monoisotopic (exact) mass is 298 g/mol. The van der Waals surface area contributed by atoms with Gasteiger partial charge in [0, 0.05) is 55.9 Å². The third-order valence-corrected chi connectivity index (χ3v) is 3.97. The van der Waals surface area contributed by atoms with E-state index in [2.05, 4.69) is 52.8 Å². The Hall–Kier alpha value is -1.81. The summed E-state index contributed by atoms with van der Waals surface area (Å²) < 4.78 is 0. The average Bonchev–Trinajstić information content (AvgIpc) is 2.56. The van der Waals surface area contributed by atoms with Gasteiger partial charge in [0.1, 0.15) is 5.82 Å². The first-order valence-corrected chi connectivity index (χ1v) is 8.15. The second kappa shape index (κ2) is 8.59. The largest absolute Gasteiger partial charge is 0.292 e. The molecule has 4 nitrogen and oxygen atoms in total. The summed E-state index contributed by atoms with van der Waals surface area (Å²) in [4.78, 5) is 15.5. The number of aryl methyl sites for hydroxylation is 1. The minimum atomic E-state index is 0.517. The number of rotatable bonds is 8. The second-order valence-electron chi connectivity index (χ2n) is 5.78. The molecular formula is C18H26N4. The lowest BCUT2D eigenvalue weighted by Gasteiger charge is -2.28. The van der Waals surface area contributed by atoms with Gasteiger partial charge in [0.25, 0.3) is 0 Å². The molecule has 0 N–H and O–H groups in total. The second-order valence-corrected chi connectivity index (χ2v) is 5.78. The predicted molar refractivity (Wildman–Crippen MR) is 89.3 cm³/mol. The highest BCUT2D eigenvalue weighted by atomic mass is 15.1. The quantitative estimate of drug-likeness (QED) is 0.746. The zero-order chi connectivity index (χ0) is 15.8. The highest BCUT2D eigenvalue weighted by Crippen LogP contribution is 2.14. The van der Waals surface area contributed by atoms with Gasteiger partial charge < -0.3 is 0 Å². The van der Waals surface area contributed by atoms with Crippen LogP contribution in [0.25, 0.3) is 0 Å². The van der Waals surface area contributed by atoms with Crippen LogP contribution in [-0.4, -0.2) is 25.9 Å². The predicted octanol–water partition coefficient (Wildman–Crippen LogP) is 3.62. The lowest BCUT2D eigenvalue weighted by Crippen LogP contribution is -2.31. The maximum Gasteiger partial charge on any atom is 0.128 e. The van der Waals surface area contributed by atoms with Crippen molar-refractivity contribution < 1.29 is 0 Å². The lowest BCUT2D eigenvalue weighted by atomic mass is 10.1. The van der Waals surface area contributed by atoms with E-state index in [0.717, 1.165) is 38.2 Å². The summed E-state index contributed by atoms with van der Waals surface area (Å²) in [7, 11) is 0. The molecule has 22 heavy (non-hydrogen) atoms. The van der Waals surface area contributed by atoms with Crippen LogP contribution in [0.4, 0.5) is 0 Å². The van der Waals surface area contributed by atoms with E-state index in [1.165, 1.54) is 11.1 Å². The molecule has 0 aromatic carbocycles. The highest BCUT2D eigenvalue weighted by Gasteiger charge is 2.13. The number of hydrogen-bond acceptors (Lipinski definition) is 4. The number of hydrogen-bond donors (Lipinski definition) is 0. The molecule has 0 spiro atoms. The van der Waals surface area contributed by atoms with E-state index in [9.17, 15) is 0 Å². The Morgan fingerprint density at radius 1 is 1.00 bits per heavy atom. The molecule has 1 atom stereocenters. The Bertz CT molecular complexity index is 539. The van der Waals surface area contributed by atoms with Crippen LogP contribution in [0.1, 0.15) is 50.6 Å². The number of nitrogens with zero attached hydrogens (tertiary/aromatic N) is 4. The smallest absolute Gasteiger partial charge is 0.128 e. The van der Waals surface area contributed by atoms with Gasteiger partial charge in [-0.25, -0.2) is 9.97 Å². The van der Waals surface area contributed by atoms with E-state index in [0.29, 0.717) is 6.04 Å². The maximum atomic E-state index is 4.47. The topological polar surface area (TPSA) is 41.9 Å². The van der Waals surface area contributed by atoms with Gasteiger partial charge in [-0.1, -0.05) is 13.8 Å². The van der Waals surface area contributed by atoms with Crippen LogP contribution < -0.4 is 0 Å². The Morgan fingerprint density at radius 2 is 1.64 bits per heavy atom. The van der Waals surface area contributed by atoms with Crippen LogP contribution in [0.3, 0.4) is 0 Å². The van der Waals surface area contributed by atoms with E-state index < -0.39 is 0 Å². The molecular weight excluding hydrogens is 272 g/mol. The van der Waals surface area contributed by atoms with Gasteiger partial charge in [-0.15, -0.1) is 0 Å². The molecule has 0 aliphatic rings. The fourth-order valence-corrected chi connectivity index (χ4v) is 2.40. The van der Waals surface area contributed by atoms with Gasteiger partial charge >= 0.3 is 0 Å². The van der Waals surface area contributed by atoms with Crippen molar-refractivity contribution in [2.75, 3.05) is 0 Å². The maximum absolute atomic E-state index is 4.47. The Balaban J connectivity index is 2.06. The fourth-order valence-electron chi connectivity index (χ4n) is 2.40. The van der Waals surface area contributed by atoms with Crippen LogP contribution in [0.15, 0.2) is 36.9 Å². The van der Waals surface area contributed by atoms with Gasteiger partial charge in [-0.05, 0) is 37.5 Å². The van der Waals surface area contributed by atoms with Crippen LogP contribution >= 0.6 is 0 Å². The molecule has 2 aromatic rings. The molecule has 0 saturated heterocycles. The van der Waals surface area contributed by atoms with Crippen molar-refractivity contribution in [1.82, 2.24) is 19.9 Å².